The average Bonchev–Trinajstić information content (AvgIpc) is 3.22. The first kappa shape index (κ1) is 23.2. The zero-order valence-electron chi connectivity index (χ0n) is 17.6. The van der Waals surface area contributed by atoms with E-state index in [-0.39, 0.29) is 18.4 Å². The number of nitrogens with zero attached hydrogens (tertiary/aromatic N) is 1. The van der Waals surface area contributed by atoms with Gasteiger partial charge in [-0.1, -0.05) is 12.1 Å². The number of benzene rings is 2. The third-order valence-electron chi connectivity index (χ3n) is 4.36. The number of halogens is 3. The maximum Gasteiger partial charge on any atom is 0.573 e. The number of ketones is 1. The maximum atomic E-state index is 12.6. The molecule has 0 unspecified atom stereocenters. The first-order chi connectivity index (χ1) is 15.3. The van der Waals surface area contributed by atoms with Crippen LogP contribution in [0, 0.1) is 0 Å². The number of carbonyl (C=O) groups is 1. The highest BCUT2D eigenvalue weighted by atomic mass is 19.4. The van der Waals surface area contributed by atoms with Crippen LogP contribution in [0.4, 0.5) is 13.2 Å². The highest BCUT2D eigenvalue weighted by molar-refractivity contribution is 5.98. The Bertz CT molecular complexity index is 1060. The zero-order chi connectivity index (χ0) is 23.1. The van der Waals surface area contributed by atoms with Crippen LogP contribution in [-0.4, -0.2) is 30.3 Å². The molecule has 6 nitrogen and oxygen atoms in total. The minimum atomic E-state index is -4.88. The minimum Gasteiger partial charge on any atom is -0.490 e. The Balaban J connectivity index is 1.70. The molecule has 1 aromatic heterocycles. The number of carbonyl (C=O) groups excluding carboxylic acids is 1. The lowest BCUT2D eigenvalue weighted by atomic mass is 10.0. The Kier molecular flexibility index (Phi) is 7.40. The molecule has 0 bridgehead atoms. The summed E-state index contributed by atoms with van der Waals surface area (Å²) in [5.74, 6) is 0.480. The van der Waals surface area contributed by atoms with E-state index in [4.69, 9.17) is 13.9 Å². The van der Waals surface area contributed by atoms with Gasteiger partial charge in [0.05, 0.1) is 24.5 Å². The van der Waals surface area contributed by atoms with Gasteiger partial charge in [0.15, 0.2) is 17.3 Å². The predicted octanol–water partition coefficient (Wildman–Crippen LogP) is 5.85. The summed E-state index contributed by atoms with van der Waals surface area (Å²) in [4.78, 5) is 16.9. The number of hydrogen-bond donors (Lipinski definition) is 0. The smallest absolute Gasteiger partial charge is 0.490 e. The van der Waals surface area contributed by atoms with Gasteiger partial charge in [-0.25, -0.2) is 4.98 Å². The van der Waals surface area contributed by atoms with Crippen molar-refractivity contribution in [1.29, 1.82) is 0 Å². The van der Waals surface area contributed by atoms with E-state index in [1.807, 2.05) is 13.8 Å². The van der Waals surface area contributed by atoms with Crippen molar-refractivity contribution in [2.24, 2.45) is 0 Å². The number of para-hydroxylation sites is 1. The minimum absolute atomic E-state index is 0.0579. The lowest BCUT2D eigenvalue weighted by Gasteiger charge is -2.12. The average molecular weight is 449 g/mol. The van der Waals surface area contributed by atoms with Gasteiger partial charge in [-0.3, -0.25) is 4.79 Å². The van der Waals surface area contributed by atoms with Crippen LogP contribution in [-0.2, 0) is 6.42 Å². The zero-order valence-corrected chi connectivity index (χ0v) is 17.6. The van der Waals surface area contributed by atoms with E-state index in [1.165, 1.54) is 24.5 Å². The number of alkyl halides is 3. The molecule has 0 amide bonds. The lowest BCUT2D eigenvalue weighted by Crippen LogP contribution is -2.19. The van der Waals surface area contributed by atoms with Crippen molar-refractivity contribution >= 4 is 5.78 Å². The summed E-state index contributed by atoms with van der Waals surface area (Å²) >= 11 is 0. The molecule has 0 spiro atoms. The second kappa shape index (κ2) is 10.2. The topological polar surface area (TPSA) is 70.8 Å². The Morgan fingerprint density at radius 1 is 1.00 bits per heavy atom. The molecule has 0 aliphatic carbocycles. The van der Waals surface area contributed by atoms with Crippen LogP contribution in [0.25, 0.3) is 11.5 Å². The summed E-state index contributed by atoms with van der Waals surface area (Å²) in [6, 6.07) is 10.5. The summed E-state index contributed by atoms with van der Waals surface area (Å²) in [7, 11) is 0. The Morgan fingerprint density at radius 2 is 1.72 bits per heavy atom. The molecule has 0 N–H and O–H groups in total. The van der Waals surface area contributed by atoms with E-state index < -0.39 is 17.9 Å². The molecule has 170 valence electrons. The molecule has 3 rings (SSSR count). The first-order valence-corrected chi connectivity index (χ1v) is 10.0. The number of rotatable bonds is 10. The maximum absolute atomic E-state index is 12.6. The normalized spacial score (nSPS) is 11.3. The monoisotopic (exact) mass is 449 g/mol. The van der Waals surface area contributed by atoms with Crippen LogP contribution in [0.2, 0.25) is 0 Å². The van der Waals surface area contributed by atoms with Gasteiger partial charge < -0.3 is 18.6 Å². The fourth-order valence-electron chi connectivity index (χ4n) is 3.03. The van der Waals surface area contributed by atoms with Gasteiger partial charge in [0, 0.05) is 18.4 Å². The fourth-order valence-corrected chi connectivity index (χ4v) is 3.03. The molecule has 9 heteroatoms. The molecule has 0 saturated heterocycles. The molecular formula is C23H22F3NO5. The van der Waals surface area contributed by atoms with Gasteiger partial charge in [-0.2, -0.15) is 0 Å². The molecule has 0 aliphatic heterocycles. The van der Waals surface area contributed by atoms with E-state index in [2.05, 4.69) is 9.72 Å². The van der Waals surface area contributed by atoms with Crippen molar-refractivity contribution in [3.63, 3.8) is 0 Å². The van der Waals surface area contributed by atoms with Crippen molar-refractivity contribution in [3.05, 3.63) is 60.0 Å². The van der Waals surface area contributed by atoms with Gasteiger partial charge in [-0.05, 0) is 44.2 Å². The molecule has 0 atom stereocenters. The summed E-state index contributed by atoms with van der Waals surface area (Å²) in [5, 5.41) is 0. The van der Waals surface area contributed by atoms with Crippen LogP contribution in [0.15, 0.2) is 53.1 Å². The number of ether oxygens (including phenoxy) is 3. The van der Waals surface area contributed by atoms with Crippen LogP contribution >= 0.6 is 0 Å². The fraction of sp³-hybridized carbons (Fsp3) is 0.304. The van der Waals surface area contributed by atoms with Crippen molar-refractivity contribution in [2.45, 2.75) is 33.1 Å². The first-order valence-electron chi connectivity index (χ1n) is 10.0. The largest absolute Gasteiger partial charge is 0.573 e. The molecular weight excluding hydrogens is 427 g/mol. The van der Waals surface area contributed by atoms with Crippen LogP contribution in [0.3, 0.4) is 0 Å². The summed E-state index contributed by atoms with van der Waals surface area (Å²) in [6.07, 6.45) is -3.33. The van der Waals surface area contributed by atoms with Crippen molar-refractivity contribution in [3.8, 4) is 28.7 Å². The Labute approximate surface area is 182 Å². The van der Waals surface area contributed by atoms with E-state index in [1.54, 1.807) is 18.2 Å². The summed E-state index contributed by atoms with van der Waals surface area (Å²) < 4.78 is 58.3. The molecule has 3 aromatic rings. The number of Topliss-reactive ketones (excluding diaryl/α,β-unsaturated/α-hetero) is 1. The lowest BCUT2D eigenvalue weighted by molar-refractivity contribution is -0.274. The molecule has 0 saturated carbocycles. The Hall–Kier alpha value is -3.49. The third kappa shape index (κ3) is 6.03. The standard InChI is InChI=1S/C23H22F3NO5/c1-3-29-20-12-9-15(13-21(20)30-4-2)22-27-16(14-31-22)10-11-18(28)17-7-5-6-8-19(17)32-23(24,25)26/h5-9,12-14H,3-4,10-11H2,1-2H3. The SMILES string of the molecule is CCOc1ccc(-c2nc(CCC(=O)c3ccccc3OC(F)(F)F)co2)cc1OCC. The molecule has 0 fully saturated rings. The van der Waals surface area contributed by atoms with Crippen molar-refractivity contribution < 1.29 is 36.6 Å². The van der Waals surface area contributed by atoms with Gasteiger partial charge in [0.2, 0.25) is 5.89 Å². The number of hydrogen-bond acceptors (Lipinski definition) is 6. The van der Waals surface area contributed by atoms with Crippen molar-refractivity contribution in [1.82, 2.24) is 4.98 Å². The van der Waals surface area contributed by atoms with Gasteiger partial charge in [-0.15, -0.1) is 13.2 Å². The van der Waals surface area contributed by atoms with Crippen LogP contribution in [0.1, 0.15) is 36.3 Å². The molecule has 2 aromatic carbocycles. The summed E-state index contributed by atoms with van der Waals surface area (Å²) in [5.41, 5.74) is 1.02. The number of aromatic nitrogens is 1. The van der Waals surface area contributed by atoms with E-state index in [0.29, 0.717) is 41.9 Å². The van der Waals surface area contributed by atoms with Gasteiger partial charge in [0.1, 0.15) is 12.0 Å². The van der Waals surface area contributed by atoms with E-state index >= 15 is 0 Å². The molecule has 1 heterocycles. The van der Waals surface area contributed by atoms with Crippen molar-refractivity contribution in [2.75, 3.05) is 13.2 Å². The molecule has 32 heavy (non-hydrogen) atoms. The van der Waals surface area contributed by atoms with Gasteiger partial charge >= 0.3 is 6.36 Å². The van der Waals surface area contributed by atoms with E-state index in [0.717, 1.165) is 6.07 Å². The van der Waals surface area contributed by atoms with Gasteiger partial charge in [0.25, 0.3) is 0 Å². The highest BCUT2D eigenvalue weighted by Gasteiger charge is 2.32. The predicted molar refractivity (Wildman–Crippen MR) is 110 cm³/mol. The quantitative estimate of drug-likeness (QED) is 0.362. The highest BCUT2D eigenvalue weighted by Crippen LogP contribution is 2.33. The summed E-state index contributed by atoms with van der Waals surface area (Å²) in [6.45, 7) is 4.69. The number of aryl methyl sites for hydroxylation is 1. The van der Waals surface area contributed by atoms with Crippen LogP contribution in [0.5, 0.6) is 17.2 Å². The third-order valence-corrected chi connectivity index (χ3v) is 4.36. The molecule has 0 radical (unpaired) electrons. The number of oxazole rings is 1. The van der Waals surface area contributed by atoms with Crippen LogP contribution < -0.4 is 14.2 Å². The Morgan fingerprint density at radius 3 is 2.44 bits per heavy atom. The van der Waals surface area contributed by atoms with E-state index in [9.17, 15) is 18.0 Å². The molecule has 0 aliphatic rings. The second-order valence-electron chi connectivity index (χ2n) is 6.64. The second-order valence-corrected chi connectivity index (χ2v) is 6.64.